The average Bonchev–Trinajstić information content (AvgIpc) is 2.96. The third-order valence-corrected chi connectivity index (χ3v) is 4.92. The maximum absolute atomic E-state index is 12.7. The molecule has 5 heteroatoms. The van der Waals surface area contributed by atoms with Crippen molar-refractivity contribution in [2.45, 2.75) is 64.3 Å². The summed E-state index contributed by atoms with van der Waals surface area (Å²) in [5.41, 5.74) is 0. The molecule has 0 aromatic rings. The van der Waals surface area contributed by atoms with Gasteiger partial charge in [0, 0.05) is 32.1 Å². The van der Waals surface area contributed by atoms with Crippen LogP contribution < -0.4 is 0 Å². The first kappa shape index (κ1) is 16.1. The SMILES string of the molecule is CCN(C(=O)N1CCC(CCC(=O)O)C1)C1CCCCC1. The number of carboxylic acid groups (broad SMARTS) is 1. The third-order valence-electron chi connectivity index (χ3n) is 4.92. The Kier molecular flexibility index (Phi) is 5.88. The van der Waals surface area contributed by atoms with E-state index >= 15 is 0 Å². The average molecular weight is 296 g/mol. The Balaban J connectivity index is 1.85. The van der Waals surface area contributed by atoms with Gasteiger partial charge in [-0.15, -0.1) is 0 Å². The van der Waals surface area contributed by atoms with Crippen LogP contribution in [0.4, 0.5) is 4.79 Å². The van der Waals surface area contributed by atoms with Gasteiger partial charge in [-0.05, 0) is 38.5 Å². The highest BCUT2D eigenvalue weighted by Crippen LogP contribution is 2.26. The molecule has 0 spiro atoms. The number of carbonyl (C=O) groups excluding carboxylic acids is 1. The molecule has 21 heavy (non-hydrogen) atoms. The number of amides is 2. The summed E-state index contributed by atoms with van der Waals surface area (Å²) in [4.78, 5) is 27.3. The summed E-state index contributed by atoms with van der Waals surface area (Å²) in [7, 11) is 0. The molecular weight excluding hydrogens is 268 g/mol. The van der Waals surface area contributed by atoms with Gasteiger partial charge in [-0.2, -0.15) is 0 Å². The van der Waals surface area contributed by atoms with Gasteiger partial charge in [0.25, 0.3) is 0 Å². The zero-order valence-corrected chi connectivity index (χ0v) is 13.1. The third kappa shape index (κ3) is 4.35. The minimum absolute atomic E-state index is 0.169. The van der Waals surface area contributed by atoms with Crippen LogP contribution in [-0.4, -0.2) is 52.6 Å². The molecular formula is C16H28N2O3. The quantitative estimate of drug-likeness (QED) is 0.848. The largest absolute Gasteiger partial charge is 0.481 e. The zero-order valence-electron chi connectivity index (χ0n) is 13.1. The molecule has 1 aliphatic heterocycles. The Morgan fingerprint density at radius 3 is 2.52 bits per heavy atom. The molecule has 1 saturated heterocycles. The number of aliphatic carboxylic acids is 1. The van der Waals surface area contributed by atoms with Gasteiger partial charge in [0.2, 0.25) is 0 Å². The monoisotopic (exact) mass is 296 g/mol. The summed E-state index contributed by atoms with van der Waals surface area (Å²) in [5.74, 6) is -0.382. The predicted octanol–water partition coefficient (Wildman–Crippen LogP) is 2.95. The number of hydrogen-bond acceptors (Lipinski definition) is 2. The highest BCUT2D eigenvalue weighted by atomic mass is 16.4. The number of urea groups is 1. The van der Waals surface area contributed by atoms with E-state index in [2.05, 4.69) is 6.92 Å². The van der Waals surface area contributed by atoms with Crippen molar-refractivity contribution >= 4 is 12.0 Å². The Labute approximate surface area is 127 Å². The van der Waals surface area contributed by atoms with E-state index in [4.69, 9.17) is 5.11 Å². The second-order valence-corrected chi connectivity index (χ2v) is 6.39. The summed E-state index contributed by atoms with van der Waals surface area (Å²) in [5, 5.41) is 8.76. The van der Waals surface area contributed by atoms with Crippen LogP contribution in [0.15, 0.2) is 0 Å². The van der Waals surface area contributed by atoms with E-state index in [1.54, 1.807) is 0 Å². The topological polar surface area (TPSA) is 60.9 Å². The number of likely N-dealkylation sites (tertiary alicyclic amines) is 1. The molecule has 2 rings (SSSR count). The number of carboxylic acids is 1. The van der Waals surface area contributed by atoms with E-state index in [9.17, 15) is 9.59 Å². The molecule has 1 N–H and O–H groups in total. The number of hydrogen-bond donors (Lipinski definition) is 1. The van der Waals surface area contributed by atoms with Crippen molar-refractivity contribution in [3.63, 3.8) is 0 Å². The zero-order chi connectivity index (χ0) is 15.2. The molecule has 1 unspecified atom stereocenters. The predicted molar refractivity (Wildman–Crippen MR) is 81.2 cm³/mol. The van der Waals surface area contributed by atoms with E-state index < -0.39 is 5.97 Å². The van der Waals surface area contributed by atoms with Crippen molar-refractivity contribution in [2.24, 2.45) is 5.92 Å². The van der Waals surface area contributed by atoms with Crippen LogP contribution in [0, 0.1) is 5.92 Å². The van der Waals surface area contributed by atoms with Crippen LogP contribution in [0.3, 0.4) is 0 Å². The minimum Gasteiger partial charge on any atom is -0.481 e. The van der Waals surface area contributed by atoms with Gasteiger partial charge in [-0.3, -0.25) is 4.79 Å². The van der Waals surface area contributed by atoms with E-state index in [1.165, 1.54) is 19.3 Å². The van der Waals surface area contributed by atoms with Crippen LogP contribution in [0.25, 0.3) is 0 Å². The summed E-state index contributed by atoms with van der Waals surface area (Å²) in [6, 6.07) is 0.580. The van der Waals surface area contributed by atoms with Gasteiger partial charge in [0.05, 0.1) is 0 Å². The van der Waals surface area contributed by atoms with Crippen molar-refractivity contribution in [3.05, 3.63) is 0 Å². The van der Waals surface area contributed by atoms with Gasteiger partial charge in [-0.25, -0.2) is 4.79 Å². The lowest BCUT2D eigenvalue weighted by Crippen LogP contribution is -2.48. The molecule has 1 atom stereocenters. The number of rotatable bonds is 5. The van der Waals surface area contributed by atoms with E-state index in [-0.39, 0.29) is 12.5 Å². The highest BCUT2D eigenvalue weighted by molar-refractivity contribution is 5.75. The maximum atomic E-state index is 12.7. The standard InChI is InChI=1S/C16H28N2O3/c1-2-18(14-6-4-3-5-7-14)16(21)17-11-10-13(12-17)8-9-15(19)20/h13-14H,2-12H2,1H3,(H,19,20). The van der Waals surface area contributed by atoms with Crippen molar-refractivity contribution in [1.29, 1.82) is 0 Å². The summed E-state index contributed by atoms with van der Waals surface area (Å²) in [6.45, 7) is 4.35. The summed E-state index contributed by atoms with van der Waals surface area (Å²) >= 11 is 0. The van der Waals surface area contributed by atoms with Crippen molar-refractivity contribution in [1.82, 2.24) is 9.80 Å². The van der Waals surface area contributed by atoms with E-state index in [1.807, 2.05) is 9.80 Å². The Hall–Kier alpha value is -1.26. The van der Waals surface area contributed by atoms with Crippen molar-refractivity contribution in [3.8, 4) is 0 Å². The van der Waals surface area contributed by atoms with Crippen molar-refractivity contribution < 1.29 is 14.7 Å². The lowest BCUT2D eigenvalue weighted by atomic mass is 9.94. The molecule has 2 aliphatic rings. The Morgan fingerprint density at radius 2 is 1.90 bits per heavy atom. The lowest BCUT2D eigenvalue weighted by Gasteiger charge is -2.36. The fourth-order valence-corrected chi connectivity index (χ4v) is 3.69. The molecule has 2 amide bonds. The van der Waals surface area contributed by atoms with Crippen LogP contribution in [0.1, 0.15) is 58.3 Å². The molecule has 0 bridgehead atoms. The normalized spacial score (nSPS) is 23.3. The molecule has 0 aromatic heterocycles. The van der Waals surface area contributed by atoms with Crippen LogP contribution >= 0.6 is 0 Å². The molecule has 5 nitrogen and oxygen atoms in total. The lowest BCUT2D eigenvalue weighted by molar-refractivity contribution is -0.137. The van der Waals surface area contributed by atoms with Crippen LogP contribution in [-0.2, 0) is 4.79 Å². The maximum Gasteiger partial charge on any atom is 0.320 e. The highest BCUT2D eigenvalue weighted by Gasteiger charge is 2.32. The van der Waals surface area contributed by atoms with Gasteiger partial charge < -0.3 is 14.9 Å². The molecule has 1 saturated carbocycles. The second-order valence-electron chi connectivity index (χ2n) is 6.39. The van der Waals surface area contributed by atoms with E-state index in [0.29, 0.717) is 18.4 Å². The second kappa shape index (κ2) is 7.66. The van der Waals surface area contributed by atoms with Gasteiger partial charge in [-0.1, -0.05) is 19.3 Å². The first-order chi connectivity index (χ1) is 10.1. The first-order valence-corrected chi connectivity index (χ1v) is 8.39. The van der Waals surface area contributed by atoms with Crippen LogP contribution in [0.5, 0.6) is 0 Å². The smallest absolute Gasteiger partial charge is 0.320 e. The first-order valence-electron chi connectivity index (χ1n) is 8.39. The fraction of sp³-hybridized carbons (Fsp3) is 0.875. The minimum atomic E-state index is -0.739. The Bertz CT molecular complexity index is 367. The molecule has 0 radical (unpaired) electrons. The molecule has 120 valence electrons. The fourth-order valence-electron chi connectivity index (χ4n) is 3.69. The molecule has 1 heterocycles. The summed E-state index contributed by atoms with van der Waals surface area (Å²) in [6.07, 6.45) is 7.88. The Morgan fingerprint density at radius 1 is 1.19 bits per heavy atom. The van der Waals surface area contributed by atoms with Crippen LogP contribution in [0.2, 0.25) is 0 Å². The van der Waals surface area contributed by atoms with Gasteiger partial charge in [0.1, 0.15) is 0 Å². The van der Waals surface area contributed by atoms with Gasteiger partial charge >= 0.3 is 12.0 Å². The van der Waals surface area contributed by atoms with E-state index in [0.717, 1.165) is 38.9 Å². The number of nitrogens with zero attached hydrogens (tertiary/aromatic N) is 2. The molecule has 2 fully saturated rings. The molecule has 1 aliphatic carbocycles. The molecule has 0 aromatic carbocycles. The van der Waals surface area contributed by atoms with Gasteiger partial charge in [0.15, 0.2) is 0 Å². The number of carbonyl (C=O) groups is 2. The van der Waals surface area contributed by atoms with Crippen molar-refractivity contribution in [2.75, 3.05) is 19.6 Å². The summed E-state index contributed by atoms with van der Waals surface area (Å²) < 4.78 is 0.